The molecule has 2 aliphatic rings. The van der Waals surface area contributed by atoms with Gasteiger partial charge in [-0.1, -0.05) is 24.1 Å². The van der Waals surface area contributed by atoms with Crippen LogP contribution in [0.2, 0.25) is 0 Å². The van der Waals surface area contributed by atoms with Crippen LogP contribution in [0, 0.1) is 0 Å². The molecule has 1 N–H and O–H groups in total. The Morgan fingerprint density at radius 1 is 1.18 bits per heavy atom. The van der Waals surface area contributed by atoms with Gasteiger partial charge in [-0.25, -0.2) is 9.97 Å². The van der Waals surface area contributed by atoms with Crippen molar-refractivity contribution in [3.05, 3.63) is 77.1 Å². The number of carbonyl (C=O) groups is 2. The summed E-state index contributed by atoms with van der Waals surface area (Å²) >= 11 is 0. The highest BCUT2D eigenvalue weighted by molar-refractivity contribution is 8.13. The van der Waals surface area contributed by atoms with Crippen LogP contribution >= 0.6 is 10.5 Å². The van der Waals surface area contributed by atoms with Crippen molar-refractivity contribution in [2.75, 3.05) is 16.5 Å². The molecular formula is C27H26F3N5O2S. The second-order valence-electron chi connectivity index (χ2n) is 9.49. The molecule has 1 aliphatic carbocycles. The molecule has 0 bridgehead atoms. The largest absolute Gasteiger partial charge is 0.416 e. The third-order valence-corrected chi connectivity index (χ3v) is 7.72. The van der Waals surface area contributed by atoms with Gasteiger partial charge in [0.1, 0.15) is 6.04 Å². The summed E-state index contributed by atoms with van der Waals surface area (Å²) in [6.07, 6.45) is 3.19. The molecule has 2 heterocycles. The van der Waals surface area contributed by atoms with E-state index in [1.54, 1.807) is 0 Å². The van der Waals surface area contributed by atoms with Crippen LogP contribution in [0.5, 0.6) is 0 Å². The Labute approximate surface area is 220 Å². The lowest BCUT2D eigenvalue weighted by molar-refractivity contribution is -0.137. The van der Waals surface area contributed by atoms with Gasteiger partial charge in [0.15, 0.2) is 0 Å². The summed E-state index contributed by atoms with van der Waals surface area (Å²) in [6, 6.07) is 10.3. The molecule has 7 nitrogen and oxygen atoms in total. The number of hydrogen-bond donors (Lipinski definition) is 1. The number of rotatable bonds is 8. The minimum atomic E-state index is -4.38. The van der Waals surface area contributed by atoms with Crippen molar-refractivity contribution < 1.29 is 22.8 Å². The van der Waals surface area contributed by atoms with Gasteiger partial charge in [0.25, 0.3) is 5.91 Å². The van der Waals surface area contributed by atoms with Crippen molar-refractivity contribution in [1.29, 1.82) is 0 Å². The third kappa shape index (κ3) is 5.42. The van der Waals surface area contributed by atoms with Gasteiger partial charge in [-0.05, 0) is 60.1 Å². The number of halogens is 3. The molecule has 1 aromatic heterocycles. The monoisotopic (exact) mass is 541 g/mol. The van der Waals surface area contributed by atoms with Crippen molar-refractivity contribution in [2.45, 2.75) is 49.1 Å². The first kappa shape index (κ1) is 25.9. The lowest BCUT2D eigenvalue weighted by Gasteiger charge is -2.23. The van der Waals surface area contributed by atoms with Crippen molar-refractivity contribution >= 4 is 40.3 Å². The number of amides is 2. The molecule has 2 aromatic carbocycles. The first-order valence-corrected chi connectivity index (χ1v) is 13.8. The maximum atomic E-state index is 13.2. The predicted octanol–water partition coefficient (Wildman–Crippen LogP) is 5.01. The Kier molecular flexibility index (Phi) is 6.95. The van der Waals surface area contributed by atoms with E-state index in [0.717, 1.165) is 46.6 Å². The second-order valence-corrected chi connectivity index (χ2v) is 11.2. The topological polar surface area (TPSA) is 78.4 Å². The maximum absolute atomic E-state index is 13.2. The van der Waals surface area contributed by atoms with Crippen molar-refractivity contribution in [3.63, 3.8) is 0 Å². The quantitative estimate of drug-likeness (QED) is 0.321. The highest BCUT2D eigenvalue weighted by Gasteiger charge is 2.36. The van der Waals surface area contributed by atoms with Gasteiger partial charge in [-0.15, -0.1) is 0 Å². The summed E-state index contributed by atoms with van der Waals surface area (Å²) in [5.74, 6) is 4.13. The molecule has 1 saturated carbocycles. The molecule has 198 valence electrons. The zero-order chi connectivity index (χ0) is 27.0. The molecule has 11 heteroatoms. The molecular weight excluding hydrogens is 515 g/mol. The summed E-state index contributed by atoms with van der Waals surface area (Å²) in [5, 5.41) is 2.81. The average molecular weight is 542 g/mol. The predicted molar refractivity (Wildman–Crippen MR) is 141 cm³/mol. The zero-order valence-corrected chi connectivity index (χ0v) is 21.4. The van der Waals surface area contributed by atoms with Crippen molar-refractivity contribution in [2.24, 2.45) is 0 Å². The lowest BCUT2D eigenvalue weighted by atomic mass is 10.0. The smallest absolute Gasteiger partial charge is 0.334 e. The van der Waals surface area contributed by atoms with E-state index < -0.39 is 17.8 Å². The molecule has 1 fully saturated rings. The van der Waals surface area contributed by atoms with Gasteiger partial charge in [0, 0.05) is 24.0 Å². The molecule has 0 radical (unpaired) electrons. The molecule has 2 amide bonds. The number of anilines is 2. The zero-order valence-electron chi connectivity index (χ0n) is 20.6. The molecule has 2 unspecified atom stereocenters. The van der Waals surface area contributed by atoms with E-state index in [9.17, 15) is 22.8 Å². The van der Waals surface area contributed by atoms with E-state index in [2.05, 4.69) is 21.2 Å². The van der Waals surface area contributed by atoms with E-state index in [0.29, 0.717) is 31.1 Å². The average Bonchev–Trinajstić information content (AvgIpc) is 3.66. The van der Waals surface area contributed by atoms with Crippen molar-refractivity contribution in [1.82, 2.24) is 14.9 Å². The van der Waals surface area contributed by atoms with E-state index in [1.807, 2.05) is 29.4 Å². The fraction of sp³-hybridized carbons (Fsp3) is 0.296. The van der Waals surface area contributed by atoms with Gasteiger partial charge in [0.2, 0.25) is 12.4 Å². The van der Waals surface area contributed by atoms with E-state index >= 15 is 0 Å². The van der Waals surface area contributed by atoms with Crippen LogP contribution < -0.4 is 10.2 Å². The fourth-order valence-electron chi connectivity index (χ4n) is 4.55. The van der Waals surface area contributed by atoms with Crippen LogP contribution in [0.1, 0.15) is 41.1 Å². The van der Waals surface area contributed by atoms with E-state index in [4.69, 9.17) is 0 Å². The number of benzene rings is 2. The normalized spacial score (nSPS) is 17.6. The molecule has 2 atom stereocenters. The van der Waals surface area contributed by atoms with Gasteiger partial charge < -0.3 is 15.1 Å². The van der Waals surface area contributed by atoms with Gasteiger partial charge >= 0.3 is 6.18 Å². The minimum Gasteiger partial charge on any atom is -0.334 e. The second kappa shape index (κ2) is 10.2. The molecule has 38 heavy (non-hydrogen) atoms. The molecule has 3 aromatic rings. The molecule has 0 spiro atoms. The Morgan fingerprint density at radius 2 is 1.87 bits per heavy atom. The fourth-order valence-corrected chi connectivity index (χ4v) is 5.19. The van der Waals surface area contributed by atoms with E-state index in [-0.39, 0.29) is 22.4 Å². The Hall–Kier alpha value is -3.73. The van der Waals surface area contributed by atoms with E-state index in [1.165, 1.54) is 29.4 Å². The number of fused-ring (bicyclic) bond motifs is 1. The van der Waals surface area contributed by atoms with Gasteiger partial charge in [0.05, 0.1) is 23.6 Å². The summed E-state index contributed by atoms with van der Waals surface area (Å²) in [4.78, 5) is 38.2. The number of aromatic nitrogens is 2. The Balaban J connectivity index is 1.29. The molecule has 0 saturated heterocycles. The maximum Gasteiger partial charge on any atom is 0.416 e. The number of alkyl halides is 3. The number of carbonyl (C=O) groups excluding carboxylic acids is 2. The summed E-state index contributed by atoms with van der Waals surface area (Å²) in [5.41, 5.74) is 2.11. The summed E-state index contributed by atoms with van der Waals surface area (Å²) in [7, 11) is -0.184. The first-order chi connectivity index (χ1) is 18.1. The van der Waals surface area contributed by atoms with Crippen LogP contribution in [0.3, 0.4) is 0 Å². The molecule has 5 rings (SSSR count). The Morgan fingerprint density at radius 3 is 2.45 bits per heavy atom. The number of hydrogen-bond acceptors (Lipinski definition) is 5. The summed E-state index contributed by atoms with van der Waals surface area (Å²) < 4.78 is 38.7. The van der Waals surface area contributed by atoms with Crippen LogP contribution in [0.4, 0.5) is 24.8 Å². The number of nitrogens with one attached hydrogen (secondary N) is 1. The minimum absolute atomic E-state index is 0.184. The third-order valence-electron chi connectivity index (χ3n) is 6.66. The molecule has 1 aliphatic heterocycles. The number of nitrogens with zero attached hydrogens (tertiary/aromatic N) is 4. The van der Waals surface area contributed by atoms with Crippen LogP contribution in [0.15, 0.2) is 59.8 Å². The Bertz CT molecular complexity index is 1370. The highest BCUT2D eigenvalue weighted by Crippen LogP contribution is 2.37. The summed E-state index contributed by atoms with van der Waals surface area (Å²) in [6.45, 7) is 0.716. The highest BCUT2D eigenvalue weighted by atomic mass is 32.2. The van der Waals surface area contributed by atoms with Crippen LogP contribution in [-0.2, 0) is 28.9 Å². The van der Waals surface area contributed by atoms with Crippen LogP contribution in [-0.4, -0.2) is 45.4 Å². The first-order valence-electron chi connectivity index (χ1n) is 12.0. The van der Waals surface area contributed by atoms with Gasteiger partial charge in [-0.2, -0.15) is 23.7 Å². The SMILES string of the molecule is C=S(C)c1ccc2c(c1)CN(C=O)C2C(=O)Nc1cnc(N(Cc2ccc(C(F)(F)F)cc2)C2CC2)nc1. The van der Waals surface area contributed by atoms with Crippen LogP contribution in [0.25, 0.3) is 0 Å². The van der Waals surface area contributed by atoms with Crippen molar-refractivity contribution in [3.8, 4) is 0 Å². The standard InChI is InChI=1S/C27H26F3N5O2S/c1-38(2)22-9-10-23-18(11-22)15-34(16-36)24(23)25(37)33-20-12-31-26(32-13-20)35(21-7-8-21)14-17-3-5-19(6-4-17)27(28,29)30/h3-6,9-13,16,21,24H,1,7-8,14-15H2,2H3,(H,33,37). The lowest BCUT2D eigenvalue weighted by Crippen LogP contribution is -2.31. The van der Waals surface area contributed by atoms with Gasteiger partial charge in [-0.3, -0.25) is 9.59 Å².